The fourth-order valence-electron chi connectivity index (χ4n) is 4.88. The van der Waals surface area contributed by atoms with Crippen molar-refractivity contribution >= 4 is 28.9 Å². The van der Waals surface area contributed by atoms with Gasteiger partial charge in [0.05, 0.1) is 11.7 Å². The highest BCUT2D eigenvalue weighted by atomic mass is 16.1. The van der Waals surface area contributed by atoms with Crippen LogP contribution in [-0.4, -0.2) is 38.1 Å². The van der Waals surface area contributed by atoms with Crippen LogP contribution in [0, 0.1) is 5.92 Å². The largest absolute Gasteiger partial charge is 0.366 e. The first-order valence-electron chi connectivity index (χ1n) is 11.1. The van der Waals surface area contributed by atoms with E-state index in [1.807, 2.05) is 36.5 Å². The number of carbonyl (C=O) groups excluding carboxylic acids is 1. The molecule has 0 spiro atoms. The normalized spacial score (nSPS) is 19.2. The van der Waals surface area contributed by atoms with Gasteiger partial charge in [-0.2, -0.15) is 5.10 Å². The van der Waals surface area contributed by atoms with Crippen LogP contribution in [0.3, 0.4) is 0 Å². The summed E-state index contributed by atoms with van der Waals surface area (Å²) in [5.74, 6) is 1.96. The second-order valence-electron chi connectivity index (χ2n) is 8.52. The Morgan fingerprint density at radius 3 is 2.94 bits per heavy atom. The van der Waals surface area contributed by atoms with Crippen molar-refractivity contribution in [3.05, 3.63) is 78.8 Å². The molecule has 4 heterocycles. The summed E-state index contributed by atoms with van der Waals surface area (Å²) in [6.45, 7) is 1.02. The zero-order valence-electron chi connectivity index (χ0n) is 17.9. The Hall–Kier alpha value is -4.20. The molecular weight excluding hydrogens is 414 g/mol. The SMILES string of the molecule is NC(=O)c1cccc(-c2cc(Nc3cccc(N4CC[C@@H]5CC=C[C@H]54)n3)c3ncnn3c2)c1. The number of allylic oxidation sites excluding steroid dienone is 1. The molecule has 1 aromatic carbocycles. The highest BCUT2D eigenvalue weighted by Gasteiger charge is 2.35. The number of nitrogens with one attached hydrogen (secondary N) is 1. The van der Waals surface area contributed by atoms with E-state index in [4.69, 9.17) is 10.7 Å². The quantitative estimate of drug-likeness (QED) is 0.461. The summed E-state index contributed by atoms with van der Waals surface area (Å²) >= 11 is 0. The van der Waals surface area contributed by atoms with Crippen LogP contribution >= 0.6 is 0 Å². The number of hydrogen-bond donors (Lipinski definition) is 2. The molecule has 4 aromatic rings. The lowest BCUT2D eigenvalue weighted by Crippen LogP contribution is -2.29. The van der Waals surface area contributed by atoms with Crippen LogP contribution in [0.25, 0.3) is 16.8 Å². The molecule has 6 rings (SSSR count). The van der Waals surface area contributed by atoms with E-state index in [0.717, 1.165) is 41.4 Å². The Morgan fingerprint density at radius 1 is 1.12 bits per heavy atom. The molecule has 0 unspecified atom stereocenters. The zero-order valence-corrected chi connectivity index (χ0v) is 17.9. The van der Waals surface area contributed by atoms with Crippen molar-refractivity contribution in [2.24, 2.45) is 11.7 Å². The van der Waals surface area contributed by atoms with Crippen molar-refractivity contribution in [2.75, 3.05) is 16.8 Å². The van der Waals surface area contributed by atoms with Crippen molar-refractivity contribution in [1.29, 1.82) is 0 Å². The molecule has 8 heteroatoms. The van der Waals surface area contributed by atoms with E-state index in [2.05, 4.69) is 38.5 Å². The van der Waals surface area contributed by atoms with Gasteiger partial charge in [0.25, 0.3) is 0 Å². The Labute approximate surface area is 190 Å². The van der Waals surface area contributed by atoms with E-state index >= 15 is 0 Å². The number of primary amides is 1. The Morgan fingerprint density at radius 2 is 2.03 bits per heavy atom. The van der Waals surface area contributed by atoms with Gasteiger partial charge in [0.15, 0.2) is 5.65 Å². The number of anilines is 3. The minimum absolute atomic E-state index is 0.441. The first kappa shape index (κ1) is 19.5. The smallest absolute Gasteiger partial charge is 0.248 e. The van der Waals surface area contributed by atoms with Crippen molar-refractivity contribution in [3.8, 4) is 11.1 Å². The predicted molar refractivity (Wildman–Crippen MR) is 127 cm³/mol. The summed E-state index contributed by atoms with van der Waals surface area (Å²) in [5.41, 5.74) is 9.14. The molecule has 1 amide bonds. The molecule has 1 saturated heterocycles. The number of amides is 1. The summed E-state index contributed by atoms with van der Waals surface area (Å²) in [5, 5.41) is 7.75. The average molecular weight is 438 g/mol. The first-order chi connectivity index (χ1) is 16.2. The minimum Gasteiger partial charge on any atom is -0.366 e. The third-order valence-electron chi connectivity index (χ3n) is 6.50. The van der Waals surface area contributed by atoms with Crippen molar-refractivity contribution in [1.82, 2.24) is 19.6 Å². The molecule has 8 nitrogen and oxygen atoms in total. The van der Waals surface area contributed by atoms with Crippen LogP contribution in [0.5, 0.6) is 0 Å². The van der Waals surface area contributed by atoms with Gasteiger partial charge in [-0.1, -0.05) is 30.4 Å². The fraction of sp³-hybridized carbons (Fsp3) is 0.200. The van der Waals surface area contributed by atoms with Crippen LogP contribution in [-0.2, 0) is 0 Å². The maximum atomic E-state index is 11.6. The summed E-state index contributed by atoms with van der Waals surface area (Å²) in [7, 11) is 0. The average Bonchev–Trinajstić information content (AvgIpc) is 3.56. The lowest BCUT2D eigenvalue weighted by Gasteiger charge is -2.24. The molecule has 33 heavy (non-hydrogen) atoms. The number of nitrogens with zero attached hydrogens (tertiary/aromatic N) is 5. The van der Waals surface area contributed by atoms with Crippen molar-refractivity contribution < 1.29 is 4.79 Å². The van der Waals surface area contributed by atoms with E-state index in [9.17, 15) is 4.79 Å². The lowest BCUT2D eigenvalue weighted by atomic mass is 10.0. The Bertz CT molecular complexity index is 1390. The monoisotopic (exact) mass is 437 g/mol. The number of nitrogens with two attached hydrogens (primary N) is 1. The zero-order chi connectivity index (χ0) is 22.4. The molecule has 3 N–H and O–H groups in total. The van der Waals surface area contributed by atoms with E-state index in [-0.39, 0.29) is 0 Å². The molecule has 2 aliphatic rings. The Balaban J connectivity index is 1.36. The summed E-state index contributed by atoms with van der Waals surface area (Å²) < 4.78 is 1.72. The predicted octanol–water partition coefficient (Wildman–Crippen LogP) is 3.79. The topological polar surface area (TPSA) is 101 Å². The molecular formula is C25H23N7O. The van der Waals surface area contributed by atoms with E-state index in [1.54, 1.807) is 16.6 Å². The maximum absolute atomic E-state index is 11.6. The molecule has 0 bridgehead atoms. The molecule has 3 aromatic heterocycles. The molecule has 164 valence electrons. The number of aromatic nitrogens is 4. The summed E-state index contributed by atoms with van der Waals surface area (Å²) in [6.07, 6.45) is 10.4. The minimum atomic E-state index is -0.459. The first-order valence-corrected chi connectivity index (χ1v) is 11.1. The third kappa shape index (κ3) is 3.49. The summed E-state index contributed by atoms with van der Waals surface area (Å²) in [4.78, 5) is 23.3. The van der Waals surface area contributed by atoms with Gasteiger partial charge in [-0.3, -0.25) is 4.79 Å². The third-order valence-corrected chi connectivity index (χ3v) is 6.50. The number of pyridine rings is 2. The van der Waals surface area contributed by atoms with Gasteiger partial charge >= 0.3 is 0 Å². The maximum Gasteiger partial charge on any atom is 0.248 e. The van der Waals surface area contributed by atoms with Gasteiger partial charge in [0.1, 0.15) is 18.0 Å². The second kappa shape index (κ2) is 7.74. The second-order valence-corrected chi connectivity index (χ2v) is 8.52. The van der Waals surface area contributed by atoms with Crippen LogP contribution < -0.4 is 16.0 Å². The number of rotatable bonds is 5. The molecule has 2 atom stereocenters. The standard InChI is InChI=1S/C25H23N7O/c26-24(33)18-6-1-5-17(12-18)19-13-20(25-27-15-28-32(25)14-19)29-22-8-3-9-23(30-22)31-11-10-16-4-2-7-21(16)31/h1-3,5-9,12-16,21H,4,10-11H2,(H2,26,33)(H,29,30)/t16-,21+/m0/s1. The summed E-state index contributed by atoms with van der Waals surface area (Å²) in [6, 6.07) is 15.7. The van der Waals surface area contributed by atoms with Crippen molar-refractivity contribution in [2.45, 2.75) is 18.9 Å². The Kier molecular flexibility index (Phi) is 4.57. The highest BCUT2D eigenvalue weighted by Crippen LogP contribution is 2.36. The van der Waals surface area contributed by atoms with Gasteiger partial charge < -0.3 is 16.0 Å². The molecule has 0 radical (unpaired) electrons. The number of carbonyl (C=O) groups is 1. The van der Waals surface area contributed by atoms with Crippen LogP contribution in [0.4, 0.5) is 17.3 Å². The molecule has 1 aliphatic heterocycles. The van der Waals surface area contributed by atoms with Crippen molar-refractivity contribution in [3.63, 3.8) is 0 Å². The molecule has 1 aliphatic carbocycles. The highest BCUT2D eigenvalue weighted by molar-refractivity contribution is 5.94. The van der Waals surface area contributed by atoms with Crippen LogP contribution in [0.2, 0.25) is 0 Å². The fourth-order valence-corrected chi connectivity index (χ4v) is 4.88. The van der Waals surface area contributed by atoms with Gasteiger partial charge in [-0.15, -0.1) is 0 Å². The lowest BCUT2D eigenvalue weighted by molar-refractivity contribution is 0.100. The van der Waals surface area contributed by atoms with E-state index in [1.165, 1.54) is 12.7 Å². The van der Waals surface area contributed by atoms with Gasteiger partial charge in [0, 0.05) is 23.9 Å². The molecule has 0 saturated carbocycles. The molecule has 1 fully saturated rings. The van der Waals surface area contributed by atoms with Gasteiger partial charge in [-0.05, 0) is 54.7 Å². The van der Waals surface area contributed by atoms with E-state index in [0.29, 0.717) is 23.2 Å². The number of hydrogen-bond acceptors (Lipinski definition) is 6. The van der Waals surface area contributed by atoms with Crippen LogP contribution in [0.1, 0.15) is 23.2 Å². The number of fused-ring (bicyclic) bond motifs is 2. The number of benzene rings is 1. The van der Waals surface area contributed by atoms with Gasteiger partial charge in [-0.25, -0.2) is 14.5 Å². The van der Waals surface area contributed by atoms with Crippen LogP contribution in [0.15, 0.2) is 73.2 Å². The van der Waals surface area contributed by atoms with Gasteiger partial charge in [0.2, 0.25) is 5.91 Å². The van der Waals surface area contributed by atoms with E-state index < -0.39 is 5.91 Å².